The van der Waals surface area contributed by atoms with Gasteiger partial charge in [0.2, 0.25) is 0 Å². The summed E-state index contributed by atoms with van der Waals surface area (Å²) < 4.78 is 0. The Morgan fingerprint density at radius 2 is 2.06 bits per heavy atom. The second-order valence-electron chi connectivity index (χ2n) is 5.36. The number of hydrogen-bond donors (Lipinski definition) is 1. The molecule has 0 radical (unpaired) electrons. The molecule has 3 rings (SSSR count). The number of H-pyrrole nitrogens is 1. The molecule has 0 aliphatic heterocycles. The van der Waals surface area contributed by atoms with E-state index in [4.69, 9.17) is 0 Å². The second kappa shape index (κ2) is 3.72. The van der Waals surface area contributed by atoms with E-state index in [0.717, 1.165) is 11.5 Å². The van der Waals surface area contributed by atoms with E-state index in [1.54, 1.807) is 6.07 Å². The summed E-state index contributed by atoms with van der Waals surface area (Å²) >= 11 is 0. The second-order valence-corrected chi connectivity index (χ2v) is 5.36. The van der Waals surface area contributed by atoms with Gasteiger partial charge in [-0.05, 0) is 25.2 Å². The van der Waals surface area contributed by atoms with E-state index in [1.807, 2.05) is 0 Å². The fourth-order valence-corrected chi connectivity index (χ4v) is 2.81. The van der Waals surface area contributed by atoms with Crippen molar-refractivity contribution in [2.45, 2.75) is 50.9 Å². The molecule has 3 nitrogen and oxygen atoms in total. The van der Waals surface area contributed by atoms with Gasteiger partial charge >= 0.3 is 0 Å². The summed E-state index contributed by atoms with van der Waals surface area (Å²) in [7, 11) is 0. The van der Waals surface area contributed by atoms with Crippen LogP contribution in [-0.4, -0.2) is 9.97 Å². The molecule has 2 unspecified atom stereocenters. The average molecular weight is 218 g/mol. The maximum absolute atomic E-state index is 11.6. The van der Waals surface area contributed by atoms with Crippen LogP contribution < -0.4 is 5.56 Å². The highest BCUT2D eigenvalue weighted by Gasteiger charge is 2.36. The Balaban J connectivity index is 1.92. The fourth-order valence-electron chi connectivity index (χ4n) is 2.81. The van der Waals surface area contributed by atoms with E-state index in [0.29, 0.717) is 17.8 Å². The van der Waals surface area contributed by atoms with Crippen LogP contribution in [0.2, 0.25) is 0 Å². The summed E-state index contributed by atoms with van der Waals surface area (Å²) in [5.41, 5.74) is 1.07. The summed E-state index contributed by atoms with van der Waals surface area (Å²) in [5, 5.41) is 0. The summed E-state index contributed by atoms with van der Waals surface area (Å²) in [6, 6.07) is 1.70. The Hall–Kier alpha value is -1.12. The molecule has 2 atom stereocenters. The number of nitrogens with zero attached hydrogens (tertiary/aromatic N) is 1. The van der Waals surface area contributed by atoms with Crippen molar-refractivity contribution < 1.29 is 0 Å². The Bertz CT molecular complexity index is 445. The highest BCUT2D eigenvalue weighted by molar-refractivity contribution is 5.15. The van der Waals surface area contributed by atoms with Gasteiger partial charge in [0, 0.05) is 17.9 Å². The average Bonchev–Trinajstić information content (AvgIpc) is 2.81. The third kappa shape index (κ3) is 1.79. The van der Waals surface area contributed by atoms with Crippen molar-refractivity contribution in [3.63, 3.8) is 0 Å². The third-order valence-electron chi connectivity index (χ3n) is 4.01. The van der Waals surface area contributed by atoms with E-state index in [2.05, 4.69) is 16.9 Å². The van der Waals surface area contributed by atoms with Crippen molar-refractivity contribution >= 4 is 0 Å². The summed E-state index contributed by atoms with van der Waals surface area (Å²) in [6.45, 7) is 2.22. The standard InChI is InChI=1S/C13H18N2O/c1-8-6-10(8)13-14-11(7-12(16)15-13)9-4-2-3-5-9/h7-10H,2-6H2,1H3,(H,14,15,16). The summed E-state index contributed by atoms with van der Waals surface area (Å²) in [4.78, 5) is 19.2. The normalized spacial score (nSPS) is 29.6. The Morgan fingerprint density at radius 3 is 2.69 bits per heavy atom. The number of aromatic amines is 1. The van der Waals surface area contributed by atoms with Gasteiger partial charge in [-0.25, -0.2) is 4.98 Å². The van der Waals surface area contributed by atoms with Gasteiger partial charge in [-0.15, -0.1) is 0 Å². The first kappa shape index (κ1) is 10.1. The van der Waals surface area contributed by atoms with Gasteiger partial charge in [-0.1, -0.05) is 19.8 Å². The maximum atomic E-state index is 11.6. The minimum Gasteiger partial charge on any atom is -0.310 e. The first-order chi connectivity index (χ1) is 7.74. The molecule has 16 heavy (non-hydrogen) atoms. The number of hydrogen-bond acceptors (Lipinski definition) is 2. The highest BCUT2D eigenvalue weighted by Crippen LogP contribution is 2.45. The summed E-state index contributed by atoms with van der Waals surface area (Å²) in [5.74, 6) is 2.67. The lowest BCUT2D eigenvalue weighted by Gasteiger charge is -2.09. The van der Waals surface area contributed by atoms with Gasteiger partial charge in [0.05, 0.1) is 5.69 Å². The van der Waals surface area contributed by atoms with Gasteiger partial charge in [0.15, 0.2) is 0 Å². The van der Waals surface area contributed by atoms with Gasteiger partial charge in [-0.3, -0.25) is 4.79 Å². The Morgan fingerprint density at radius 1 is 1.38 bits per heavy atom. The minimum absolute atomic E-state index is 0.0333. The SMILES string of the molecule is CC1CC1c1nc(C2CCCC2)cc(=O)[nH]1. The predicted octanol–water partition coefficient (Wildman–Crippen LogP) is 2.55. The van der Waals surface area contributed by atoms with Crippen LogP contribution in [0, 0.1) is 5.92 Å². The van der Waals surface area contributed by atoms with Crippen molar-refractivity contribution in [1.82, 2.24) is 9.97 Å². The molecule has 2 aliphatic carbocycles. The molecule has 1 heterocycles. The Kier molecular flexibility index (Phi) is 2.34. The van der Waals surface area contributed by atoms with Crippen LogP contribution in [-0.2, 0) is 0 Å². The first-order valence-electron chi connectivity index (χ1n) is 6.35. The van der Waals surface area contributed by atoms with E-state index in [-0.39, 0.29) is 5.56 Å². The molecule has 2 aliphatic rings. The van der Waals surface area contributed by atoms with Crippen LogP contribution in [0.3, 0.4) is 0 Å². The predicted molar refractivity (Wildman–Crippen MR) is 62.6 cm³/mol. The molecule has 3 heteroatoms. The van der Waals surface area contributed by atoms with Crippen molar-refractivity contribution in [2.75, 3.05) is 0 Å². The molecule has 0 aromatic carbocycles. The molecule has 2 saturated carbocycles. The minimum atomic E-state index is 0.0333. The van der Waals surface area contributed by atoms with Crippen molar-refractivity contribution in [3.05, 3.63) is 27.9 Å². The molecule has 0 amide bonds. The van der Waals surface area contributed by atoms with Crippen molar-refractivity contribution in [2.24, 2.45) is 5.92 Å². The van der Waals surface area contributed by atoms with Crippen LogP contribution in [0.15, 0.2) is 10.9 Å². The molecule has 0 spiro atoms. The first-order valence-corrected chi connectivity index (χ1v) is 6.35. The van der Waals surface area contributed by atoms with Crippen LogP contribution >= 0.6 is 0 Å². The van der Waals surface area contributed by atoms with Crippen LogP contribution in [0.1, 0.15) is 62.4 Å². The lowest BCUT2D eigenvalue weighted by atomic mass is 10.0. The maximum Gasteiger partial charge on any atom is 0.251 e. The Labute approximate surface area is 95.3 Å². The van der Waals surface area contributed by atoms with Gasteiger partial charge in [0.25, 0.3) is 5.56 Å². The lowest BCUT2D eigenvalue weighted by Crippen LogP contribution is -2.14. The van der Waals surface area contributed by atoms with E-state index in [1.165, 1.54) is 32.1 Å². The molecular formula is C13H18N2O. The molecule has 1 aromatic rings. The van der Waals surface area contributed by atoms with E-state index >= 15 is 0 Å². The zero-order valence-corrected chi connectivity index (χ0v) is 9.70. The van der Waals surface area contributed by atoms with Gasteiger partial charge < -0.3 is 4.98 Å². The number of aromatic nitrogens is 2. The largest absolute Gasteiger partial charge is 0.310 e. The highest BCUT2D eigenvalue weighted by atomic mass is 16.1. The quantitative estimate of drug-likeness (QED) is 0.829. The zero-order valence-electron chi connectivity index (χ0n) is 9.70. The smallest absolute Gasteiger partial charge is 0.251 e. The molecule has 1 aromatic heterocycles. The van der Waals surface area contributed by atoms with Crippen LogP contribution in [0.4, 0.5) is 0 Å². The fraction of sp³-hybridized carbons (Fsp3) is 0.692. The van der Waals surface area contributed by atoms with E-state index < -0.39 is 0 Å². The van der Waals surface area contributed by atoms with Crippen molar-refractivity contribution in [3.8, 4) is 0 Å². The van der Waals surface area contributed by atoms with Gasteiger partial charge in [-0.2, -0.15) is 0 Å². The number of rotatable bonds is 2. The molecular weight excluding hydrogens is 200 g/mol. The lowest BCUT2D eigenvalue weighted by molar-refractivity contribution is 0.676. The molecule has 0 bridgehead atoms. The summed E-state index contributed by atoms with van der Waals surface area (Å²) in [6.07, 6.45) is 6.16. The van der Waals surface area contributed by atoms with Crippen LogP contribution in [0.5, 0.6) is 0 Å². The molecule has 0 saturated heterocycles. The van der Waals surface area contributed by atoms with Crippen LogP contribution in [0.25, 0.3) is 0 Å². The van der Waals surface area contributed by atoms with Crippen molar-refractivity contribution in [1.29, 1.82) is 0 Å². The molecule has 1 N–H and O–H groups in total. The zero-order chi connectivity index (χ0) is 11.1. The molecule has 86 valence electrons. The van der Waals surface area contributed by atoms with Gasteiger partial charge in [0.1, 0.15) is 5.82 Å². The third-order valence-corrected chi connectivity index (χ3v) is 4.01. The monoisotopic (exact) mass is 218 g/mol. The number of nitrogens with one attached hydrogen (secondary N) is 1. The molecule has 2 fully saturated rings. The van der Waals surface area contributed by atoms with E-state index in [9.17, 15) is 4.79 Å². The topological polar surface area (TPSA) is 45.8 Å².